The molecular weight excluding hydrogens is 328 g/mol. The van der Waals surface area contributed by atoms with E-state index in [1.165, 1.54) is 7.11 Å². The first-order chi connectivity index (χ1) is 12.7. The lowest BCUT2D eigenvalue weighted by Gasteiger charge is -2.14. The number of aldehydes is 1. The van der Waals surface area contributed by atoms with Crippen molar-refractivity contribution in [3.63, 3.8) is 0 Å². The Kier molecular flexibility index (Phi) is 5.46. The number of aryl methyl sites for hydroxylation is 1. The van der Waals surface area contributed by atoms with Gasteiger partial charge in [0, 0.05) is 6.42 Å². The highest BCUT2D eigenvalue weighted by Crippen LogP contribution is 2.25. The maximum atomic E-state index is 12.0. The highest BCUT2D eigenvalue weighted by molar-refractivity contribution is 6.05. The van der Waals surface area contributed by atoms with Gasteiger partial charge in [-0.05, 0) is 28.8 Å². The summed E-state index contributed by atoms with van der Waals surface area (Å²) in [6, 6.07) is 11.5. The molecule has 26 heavy (non-hydrogen) atoms. The molecule has 5 nitrogen and oxygen atoms in total. The van der Waals surface area contributed by atoms with Crippen molar-refractivity contribution < 1.29 is 14.3 Å². The fourth-order valence-corrected chi connectivity index (χ4v) is 3.20. The zero-order valence-corrected chi connectivity index (χ0v) is 15.1. The number of fused-ring (bicyclic) bond motifs is 1. The van der Waals surface area contributed by atoms with Gasteiger partial charge < -0.3 is 9.30 Å². The average Bonchev–Trinajstić information content (AvgIpc) is 3.07. The molecule has 0 bridgehead atoms. The first kappa shape index (κ1) is 17.9. The lowest BCUT2D eigenvalue weighted by atomic mass is 9.99. The Balaban J connectivity index is 2.07. The van der Waals surface area contributed by atoms with Gasteiger partial charge in [0.1, 0.15) is 11.5 Å². The summed E-state index contributed by atoms with van der Waals surface area (Å²) < 4.78 is 6.85. The van der Waals surface area contributed by atoms with E-state index in [0.717, 1.165) is 47.7 Å². The van der Waals surface area contributed by atoms with E-state index < -0.39 is 0 Å². The van der Waals surface area contributed by atoms with Gasteiger partial charge in [0.25, 0.3) is 0 Å². The van der Waals surface area contributed by atoms with Gasteiger partial charge in [-0.1, -0.05) is 43.7 Å². The zero-order chi connectivity index (χ0) is 18.5. The first-order valence-corrected chi connectivity index (χ1v) is 8.78. The Hall–Kier alpha value is -2.95. The smallest absolute Gasteiger partial charge is 0.338 e. The minimum absolute atomic E-state index is 0.354. The fourth-order valence-electron chi connectivity index (χ4n) is 3.20. The number of unbranched alkanes of at least 4 members (excludes halogenated alkanes) is 1. The molecule has 134 valence electrons. The Morgan fingerprint density at radius 1 is 1.19 bits per heavy atom. The van der Waals surface area contributed by atoms with E-state index in [1.54, 1.807) is 12.3 Å². The van der Waals surface area contributed by atoms with Crippen molar-refractivity contribution in [1.82, 2.24) is 9.55 Å². The van der Waals surface area contributed by atoms with Crippen LogP contribution < -0.4 is 0 Å². The molecule has 3 aromatic rings. The van der Waals surface area contributed by atoms with Crippen LogP contribution in [0.1, 0.15) is 52.0 Å². The quantitative estimate of drug-likeness (QED) is 0.477. The van der Waals surface area contributed by atoms with Crippen molar-refractivity contribution in [3.05, 3.63) is 65.2 Å². The number of nitrogens with zero attached hydrogens (tertiary/aromatic N) is 2. The Morgan fingerprint density at radius 2 is 1.96 bits per heavy atom. The summed E-state index contributed by atoms with van der Waals surface area (Å²) in [6.07, 6.45) is 5.40. The van der Waals surface area contributed by atoms with E-state index in [0.29, 0.717) is 17.8 Å². The number of esters is 1. The van der Waals surface area contributed by atoms with Crippen LogP contribution in [0.25, 0.3) is 10.8 Å². The number of carbonyl (C=O) groups excluding carboxylic acids is 2. The summed E-state index contributed by atoms with van der Waals surface area (Å²) in [4.78, 5) is 27.9. The Morgan fingerprint density at radius 3 is 2.65 bits per heavy atom. The number of rotatable bonds is 7. The topological polar surface area (TPSA) is 61.2 Å². The van der Waals surface area contributed by atoms with E-state index in [2.05, 4.69) is 11.9 Å². The Labute approximate surface area is 152 Å². The summed E-state index contributed by atoms with van der Waals surface area (Å²) in [5, 5.41) is 1.82. The maximum Gasteiger partial charge on any atom is 0.338 e. The molecule has 3 rings (SSSR count). The van der Waals surface area contributed by atoms with Crippen molar-refractivity contribution in [2.45, 2.75) is 32.7 Å². The summed E-state index contributed by atoms with van der Waals surface area (Å²) in [7, 11) is 1.38. The molecule has 0 aliphatic carbocycles. The van der Waals surface area contributed by atoms with Crippen LogP contribution in [0.3, 0.4) is 0 Å². The van der Waals surface area contributed by atoms with Gasteiger partial charge in [0.05, 0.1) is 25.4 Å². The molecule has 1 heterocycles. The molecule has 2 aromatic carbocycles. The first-order valence-electron chi connectivity index (χ1n) is 8.78. The van der Waals surface area contributed by atoms with Crippen molar-refractivity contribution in [2.75, 3.05) is 7.11 Å². The second-order valence-corrected chi connectivity index (χ2v) is 6.22. The van der Waals surface area contributed by atoms with Gasteiger partial charge in [-0.25, -0.2) is 9.78 Å². The van der Waals surface area contributed by atoms with Crippen LogP contribution in [-0.2, 0) is 17.7 Å². The predicted octanol–water partition coefficient (Wildman–Crippen LogP) is 4.03. The summed E-state index contributed by atoms with van der Waals surface area (Å²) in [6.45, 7) is 2.67. The number of hydrogen-bond acceptors (Lipinski definition) is 4. The average molecular weight is 350 g/mol. The number of methoxy groups -OCH3 is 1. The van der Waals surface area contributed by atoms with Crippen LogP contribution >= 0.6 is 0 Å². The van der Waals surface area contributed by atoms with Crippen LogP contribution in [0.4, 0.5) is 0 Å². The summed E-state index contributed by atoms with van der Waals surface area (Å²) in [5.41, 5.74) is 2.14. The van der Waals surface area contributed by atoms with E-state index >= 15 is 0 Å². The van der Waals surface area contributed by atoms with Gasteiger partial charge in [-0.3, -0.25) is 4.79 Å². The third-order valence-corrected chi connectivity index (χ3v) is 4.59. The SMILES string of the molecule is CCCCc1ncc(C=O)n1Cc1ccc(C(=O)OC)c2ccccc12. The van der Waals surface area contributed by atoms with E-state index in [1.807, 2.05) is 34.9 Å². The van der Waals surface area contributed by atoms with Gasteiger partial charge in [-0.2, -0.15) is 0 Å². The molecule has 0 fully saturated rings. The molecule has 0 saturated heterocycles. The van der Waals surface area contributed by atoms with Crippen molar-refractivity contribution in [3.8, 4) is 0 Å². The van der Waals surface area contributed by atoms with Crippen LogP contribution in [0.2, 0.25) is 0 Å². The molecule has 0 saturated carbocycles. The van der Waals surface area contributed by atoms with Crippen molar-refractivity contribution in [2.24, 2.45) is 0 Å². The molecule has 5 heteroatoms. The lowest BCUT2D eigenvalue weighted by molar-refractivity contribution is 0.0603. The minimum atomic E-state index is -0.354. The zero-order valence-electron chi connectivity index (χ0n) is 15.1. The molecule has 0 spiro atoms. The molecule has 0 aliphatic heterocycles. The lowest BCUT2D eigenvalue weighted by Crippen LogP contribution is -2.10. The molecular formula is C21H22N2O3. The molecule has 0 atom stereocenters. The number of hydrogen-bond donors (Lipinski definition) is 0. The Bertz CT molecular complexity index is 944. The molecule has 1 aromatic heterocycles. The fraction of sp³-hybridized carbons (Fsp3) is 0.286. The maximum absolute atomic E-state index is 12.0. The van der Waals surface area contributed by atoms with Crippen molar-refractivity contribution in [1.29, 1.82) is 0 Å². The number of ether oxygens (including phenoxy) is 1. The molecule has 0 N–H and O–H groups in total. The highest BCUT2D eigenvalue weighted by atomic mass is 16.5. The number of carbonyl (C=O) groups is 2. The standard InChI is InChI=1S/C21H22N2O3/c1-3-4-9-20-22-12-16(14-24)23(20)13-15-10-11-19(21(25)26-2)18-8-6-5-7-17(15)18/h5-8,10-12,14H,3-4,9,13H2,1-2H3. The predicted molar refractivity (Wildman–Crippen MR) is 101 cm³/mol. The molecule has 0 amide bonds. The number of aromatic nitrogens is 2. The van der Waals surface area contributed by atoms with E-state index in [-0.39, 0.29) is 5.97 Å². The molecule has 0 radical (unpaired) electrons. The van der Waals surface area contributed by atoms with Gasteiger partial charge >= 0.3 is 5.97 Å². The van der Waals surface area contributed by atoms with Crippen molar-refractivity contribution >= 4 is 23.0 Å². The second kappa shape index (κ2) is 7.95. The minimum Gasteiger partial charge on any atom is -0.465 e. The van der Waals surface area contributed by atoms with Crippen LogP contribution in [0.5, 0.6) is 0 Å². The largest absolute Gasteiger partial charge is 0.465 e. The van der Waals surface area contributed by atoms with Gasteiger partial charge in [0.15, 0.2) is 6.29 Å². The third-order valence-electron chi connectivity index (χ3n) is 4.59. The highest BCUT2D eigenvalue weighted by Gasteiger charge is 2.15. The van der Waals surface area contributed by atoms with Crippen LogP contribution in [-0.4, -0.2) is 28.9 Å². The number of benzene rings is 2. The van der Waals surface area contributed by atoms with Crippen LogP contribution in [0, 0.1) is 0 Å². The number of imidazole rings is 1. The third kappa shape index (κ3) is 3.38. The summed E-state index contributed by atoms with van der Waals surface area (Å²) in [5.74, 6) is 0.558. The molecule has 0 aliphatic rings. The summed E-state index contributed by atoms with van der Waals surface area (Å²) >= 11 is 0. The monoisotopic (exact) mass is 350 g/mol. The van der Waals surface area contributed by atoms with Gasteiger partial charge in [-0.15, -0.1) is 0 Å². The van der Waals surface area contributed by atoms with E-state index in [4.69, 9.17) is 4.74 Å². The second-order valence-electron chi connectivity index (χ2n) is 6.22. The van der Waals surface area contributed by atoms with E-state index in [9.17, 15) is 9.59 Å². The van der Waals surface area contributed by atoms with Gasteiger partial charge in [0.2, 0.25) is 0 Å². The van der Waals surface area contributed by atoms with Crippen LogP contribution in [0.15, 0.2) is 42.6 Å². The molecule has 0 unspecified atom stereocenters. The normalized spacial score (nSPS) is 10.8.